The van der Waals surface area contributed by atoms with Crippen LogP contribution in [0.3, 0.4) is 0 Å². The fraction of sp³-hybridized carbons (Fsp3) is 0.469. The van der Waals surface area contributed by atoms with E-state index in [4.69, 9.17) is 27.8 Å². The van der Waals surface area contributed by atoms with Gasteiger partial charge in [-0.25, -0.2) is 0 Å². The smallest absolute Gasteiger partial charge is 0.255 e. The monoisotopic (exact) mass is 534 g/mol. The molecule has 0 bridgehead atoms. The Kier molecular flexibility index (Phi) is 9.79. The third-order valence-corrected chi connectivity index (χ3v) is 7.84. The summed E-state index contributed by atoms with van der Waals surface area (Å²) >= 11 is 6.42. The number of rotatable bonds is 7. The fourth-order valence-electron chi connectivity index (χ4n) is 4.87. The first kappa shape index (κ1) is 29.5. The molecule has 1 N–H and O–H groups in total. The lowest BCUT2D eigenvalue weighted by Crippen LogP contribution is -2.36. The van der Waals surface area contributed by atoms with Gasteiger partial charge in [0.1, 0.15) is 11.5 Å². The van der Waals surface area contributed by atoms with E-state index in [1.807, 2.05) is 32.0 Å². The van der Waals surface area contributed by atoms with Crippen LogP contribution in [-0.2, 0) is 10.2 Å². The number of carbonyl (C=O) groups is 2. The van der Waals surface area contributed by atoms with Gasteiger partial charge < -0.3 is 14.8 Å². The lowest BCUT2D eigenvalue weighted by atomic mass is 9.79. The summed E-state index contributed by atoms with van der Waals surface area (Å²) in [6.45, 7) is 11.9. The molecule has 3 unspecified atom stereocenters. The minimum Gasteiger partial charge on any atom is -0.443 e. The van der Waals surface area contributed by atoms with Crippen molar-refractivity contribution in [3.8, 4) is 18.1 Å². The van der Waals surface area contributed by atoms with Crippen molar-refractivity contribution in [2.45, 2.75) is 78.7 Å². The van der Waals surface area contributed by atoms with Gasteiger partial charge in [0.05, 0.1) is 22.2 Å². The number of ether oxygens (including phenoxy) is 1. The number of ketones is 1. The second kappa shape index (κ2) is 12.6. The molecule has 1 aliphatic carbocycles. The summed E-state index contributed by atoms with van der Waals surface area (Å²) in [6, 6.07) is 12.8. The molecule has 202 valence electrons. The molecule has 1 heterocycles. The van der Waals surface area contributed by atoms with Crippen molar-refractivity contribution in [1.82, 2.24) is 0 Å². The SMILES string of the molecule is C#CC1(c2cccc(C(=O)Nc3cc(OC4=NC(C)C(C)CC4[C@H](C)CC(C)=O)ccc3Cl)c2)CC1.CC. The average Bonchev–Trinajstić information content (AvgIpc) is 3.70. The molecule has 38 heavy (non-hydrogen) atoms. The Balaban J connectivity index is 0.00000195. The Labute approximate surface area is 232 Å². The van der Waals surface area contributed by atoms with Crippen molar-refractivity contribution in [3.63, 3.8) is 0 Å². The molecule has 1 aliphatic heterocycles. The predicted octanol–water partition coefficient (Wildman–Crippen LogP) is 7.72. The number of hydrogen-bond acceptors (Lipinski definition) is 4. The largest absolute Gasteiger partial charge is 0.443 e. The molecule has 0 saturated heterocycles. The van der Waals surface area contributed by atoms with Crippen LogP contribution in [0.1, 0.15) is 83.1 Å². The van der Waals surface area contributed by atoms with Crippen molar-refractivity contribution in [3.05, 3.63) is 58.6 Å². The Morgan fingerprint density at radius 2 is 1.92 bits per heavy atom. The van der Waals surface area contributed by atoms with E-state index in [2.05, 4.69) is 32.0 Å². The van der Waals surface area contributed by atoms with Gasteiger partial charge in [0.2, 0.25) is 0 Å². The topological polar surface area (TPSA) is 67.8 Å². The summed E-state index contributed by atoms with van der Waals surface area (Å²) in [5.41, 5.74) is 1.72. The number of aliphatic imine (C=N–C) groups is 1. The van der Waals surface area contributed by atoms with E-state index in [9.17, 15) is 9.59 Å². The minimum atomic E-state index is -0.269. The maximum atomic E-state index is 13.1. The number of Topliss-reactive ketones (excluding diaryl/α,β-unsaturated/α-hetero) is 1. The highest BCUT2D eigenvalue weighted by Crippen LogP contribution is 2.47. The molecule has 0 aromatic heterocycles. The first-order valence-electron chi connectivity index (χ1n) is 13.6. The standard InChI is InChI=1S/C30H33ClN2O3.C2H6/c1-6-30(12-13-30)23-9-7-8-22(16-23)28(35)33-27-17-24(10-11-26(27)31)36-29-25(19(3)14-20(4)34)15-18(2)21(5)32-29;1-2/h1,7-11,16-19,21,25H,12-15H2,2-5H3,(H,33,35);1-2H3/t18?,19-,21?,25?;/m1./s1. The lowest BCUT2D eigenvalue weighted by molar-refractivity contribution is -0.118. The van der Waals surface area contributed by atoms with Gasteiger partial charge in [0, 0.05) is 24.0 Å². The van der Waals surface area contributed by atoms with Crippen molar-refractivity contribution < 1.29 is 14.3 Å². The van der Waals surface area contributed by atoms with Crippen LogP contribution in [0.4, 0.5) is 5.69 Å². The van der Waals surface area contributed by atoms with Crippen LogP contribution in [0.5, 0.6) is 5.75 Å². The highest BCUT2D eigenvalue weighted by Gasteiger charge is 2.42. The van der Waals surface area contributed by atoms with Crippen LogP contribution in [0.15, 0.2) is 47.5 Å². The highest BCUT2D eigenvalue weighted by molar-refractivity contribution is 6.34. The van der Waals surface area contributed by atoms with Gasteiger partial charge in [0.25, 0.3) is 5.91 Å². The molecule has 2 aliphatic rings. The van der Waals surface area contributed by atoms with Crippen LogP contribution in [0.25, 0.3) is 0 Å². The molecular weight excluding hydrogens is 496 g/mol. The lowest BCUT2D eigenvalue weighted by Gasteiger charge is -2.33. The average molecular weight is 535 g/mol. The zero-order valence-electron chi connectivity index (χ0n) is 23.3. The number of halogens is 1. The Morgan fingerprint density at radius 1 is 1.21 bits per heavy atom. The van der Waals surface area contributed by atoms with Crippen LogP contribution in [0.2, 0.25) is 5.02 Å². The van der Waals surface area contributed by atoms with Crippen LogP contribution < -0.4 is 10.1 Å². The molecule has 4 atom stereocenters. The molecule has 2 aromatic carbocycles. The number of amides is 1. The summed E-state index contributed by atoms with van der Waals surface area (Å²) in [7, 11) is 0. The number of carbonyl (C=O) groups excluding carboxylic acids is 2. The number of hydrogen-bond donors (Lipinski definition) is 1. The van der Waals surface area contributed by atoms with Gasteiger partial charge in [-0.2, -0.15) is 0 Å². The summed E-state index contributed by atoms with van der Waals surface area (Å²) in [5, 5.41) is 3.32. The van der Waals surface area contributed by atoms with Gasteiger partial charge in [-0.05, 0) is 74.8 Å². The zero-order valence-corrected chi connectivity index (χ0v) is 24.1. The minimum absolute atomic E-state index is 0.0439. The van der Waals surface area contributed by atoms with Crippen LogP contribution >= 0.6 is 11.6 Å². The first-order chi connectivity index (χ1) is 18.1. The van der Waals surface area contributed by atoms with Gasteiger partial charge >= 0.3 is 0 Å². The van der Waals surface area contributed by atoms with Crippen molar-refractivity contribution in [2.75, 3.05) is 5.32 Å². The van der Waals surface area contributed by atoms with Crippen LogP contribution in [-0.4, -0.2) is 23.6 Å². The van der Waals surface area contributed by atoms with E-state index < -0.39 is 0 Å². The van der Waals surface area contributed by atoms with Crippen molar-refractivity contribution in [1.29, 1.82) is 0 Å². The third-order valence-electron chi connectivity index (χ3n) is 7.51. The number of anilines is 1. The summed E-state index contributed by atoms with van der Waals surface area (Å²) < 4.78 is 6.27. The molecule has 1 amide bonds. The van der Waals surface area contributed by atoms with Crippen molar-refractivity contribution in [2.24, 2.45) is 22.7 Å². The molecule has 4 rings (SSSR count). The molecule has 0 spiro atoms. The van der Waals surface area contributed by atoms with Gasteiger partial charge in [-0.3, -0.25) is 9.79 Å². The predicted molar refractivity (Wildman–Crippen MR) is 156 cm³/mol. The van der Waals surface area contributed by atoms with E-state index in [0.717, 1.165) is 24.8 Å². The number of nitrogens with one attached hydrogen (secondary N) is 1. The second-order valence-electron chi connectivity index (χ2n) is 10.4. The third kappa shape index (κ3) is 6.85. The molecular formula is C32H39ClN2O3. The molecule has 0 radical (unpaired) electrons. The molecule has 1 fully saturated rings. The number of terminal acetylenes is 1. The normalized spacial score (nSPS) is 22.1. The number of benzene rings is 2. The fourth-order valence-corrected chi connectivity index (χ4v) is 5.04. The highest BCUT2D eigenvalue weighted by atomic mass is 35.5. The van der Waals surface area contributed by atoms with Gasteiger partial charge in [0.15, 0.2) is 5.90 Å². The number of nitrogens with zero attached hydrogens (tertiary/aromatic N) is 1. The van der Waals surface area contributed by atoms with Gasteiger partial charge in [-0.1, -0.05) is 57.3 Å². The Bertz CT molecular complexity index is 1240. The van der Waals surface area contributed by atoms with E-state index >= 15 is 0 Å². The quantitative estimate of drug-likeness (QED) is 0.370. The maximum absolute atomic E-state index is 13.1. The molecule has 5 nitrogen and oxygen atoms in total. The van der Waals surface area contributed by atoms with Gasteiger partial charge in [-0.15, -0.1) is 6.42 Å². The maximum Gasteiger partial charge on any atom is 0.255 e. The molecule has 1 saturated carbocycles. The van der Waals surface area contributed by atoms with E-state index in [1.54, 1.807) is 31.2 Å². The summed E-state index contributed by atoms with van der Waals surface area (Å²) in [4.78, 5) is 29.6. The summed E-state index contributed by atoms with van der Waals surface area (Å²) in [5.74, 6) is 4.48. The van der Waals surface area contributed by atoms with E-state index in [-0.39, 0.29) is 35.0 Å². The van der Waals surface area contributed by atoms with Crippen LogP contribution in [0, 0.1) is 30.1 Å². The second-order valence-corrected chi connectivity index (χ2v) is 10.8. The zero-order chi connectivity index (χ0) is 28.0. The van der Waals surface area contributed by atoms with E-state index in [0.29, 0.717) is 40.3 Å². The molecule has 6 heteroatoms. The molecule has 2 aromatic rings. The Hall–Kier alpha value is -3.10. The Morgan fingerprint density at radius 3 is 2.55 bits per heavy atom. The first-order valence-corrected chi connectivity index (χ1v) is 13.9. The summed E-state index contributed by atoms with van der Waals surface area (Å²) in [6.07, 6.45) is 8.99. The van der Waals surface area contributed by atoms with E-state index in [1.165, 1.54) is 0 Å². The van der Waals surface area contributed by atoms with Crippen molar-refractivity contribution >= 4 is 34.9 Å².